The van der Waals surface area contributed by atoms with Crippen LogP contribution in [0.15, 0.2) is 22.9 Å². The summed E-state index contributed by atoms with van der Waals surface area (Å²) < 4.78 is 24.1. The van der Waals surface area contributed by atoms with Gasteiger partial charge in [0.05, 0.1) is 36.1 Å². The first kappa shape index (κ1) is 43.8. The Balaban J connectivity index is 1.77. The van der Waals surface area contributed by atoms with Crippen LogP contribution in [0.3, 0.4) is 0 Å². The van der Waals surface area contributed by atoms with Gasteiger partial charge in [-0.3, -0.25) is 0 Å². The summed E-state index contributed by atoms with van der Waals surface area (Å²) in [5.74, 6) is 3.22. The molecule has 4 aromatic rings. The molecule has 0 aliphatic rings. The monoisotopic (exact) mass is 780 g/mol. The average molecular weight is 781 g/mol. The quantitative estimate of drug-likeness (QED) is 0.0494. The fraction of sp³-hybridized carbons (Fsp3) is 0.696. The van der Waals surface area contributed by atoms with Crippen molar-refractivity contribution in [2.75, 3.05) is 13.2 Å². The molecule has 0 saturated heterocycles. The molecule has 0 radical (unpaired) electrons. The summed E-state index contributed by atoms with van der Waals surface area (Å²) in [5, 5.41) is 4.76. The van der Waals surface area contributed by atoms with Crippen LogP contribution in [0.2, 0.25) is 0 Å². The van der Waals surface area contributed by atoms with Crippen LogP contribution in [0.5, 0.6) is 11.5 Å². The zero-order chi connectivity index (χ0) is 37.7. The highest BCUT2D eigenvalue weighted by Crippen LogP contribution is 2.53. The molecular formula is C46H72N2O2S3. The molecule has 0 bridgehead atoms. The topological polar surface area (TPSA) is 44.2 Å². The van der Waals surface area contributed by atoms with Crippen LogP contribution in [0.4, 0.5) is 0 Å². The summed E-state index contributed by atoms with van der Waals surface area (Å²) >= 11 is 5.00. The van der Waals surface area contributed by atoms with Crippen molar-refractivity contribution in [3.8, 4) is 32.4 Å². The molecule has 4 nitrogen and oxygen atoms in total. The molecule has 0 fully saturated rings. The third kappa shape index (κ3) is 13.6. The second-order valence-corrected chi connectivity index (χ2v) is 17.8. The Kier molecular flexibility index (Phi) is 20.8. The van der Waals surface area contributed by atoms with E-state index in [4.69, 9.17) is 18.2 Å². The van der Waals surface area contributed by atoms with E-state index >= 15 is 0 Å². The van der Waals surface area contributed by atoms with Gasteiger partial charge in [0.2, 0.25) is 0 Å². The fourth-order valence-electron chi connectivity index (χ4n) is 7.59. The van der Waals surface area contributed by atoms with E-state index < -0.39 is 0 Å². The minimum atomic E-state index is 0.688. The molecule has 0 saturated carbocycles. The number of thiophene rings is 2. The van der Waals surface area contributed by atoms with Crippen molar-refractivity contribution >= 4 is 45.4 Å². The highest BCUT2D eigenvalue weighted by atomic mass is 32.1. The summed E-state index contributed by atoms with van der Waals surface area (Å²) in [6, 6.07) is 4.85. The van der Waals surface area contributed by atoms with E-state index in [1.54, 1.807) is 0 Å². The first-order chi connectivity index (χ1) is 26.1. The minimum absolute atomic E-state index is 0.688. The van der Waals surface area contributed by atoms with Gasteiger partial charge in [-0.2, -0.15) is 8.75 Å². The standard InChI is InChI=1S/C46H72N2O2S3/c1-7-13-17-19-21-23-27-49-45-41(39-31-37(33-51-39)29-35(11-5)25-15-9-3)43-44(48-53-47-43)42(46(45)50-28-24-22-20-18-14-8-2)40-32-38(34-52-40)30-36(12-6)26-16-10-4/h31-36H,7-30H2,1-6H3. The Morgan fingerprint density at radius 1 is 0.509 bits per heavy atom. The van der Waals surface area contributed by atoms with E-state index in [-0.39, 0.29) is 0 Å². The molecule has 3 aromatic heterocycles. The molecule has 0 aliphatic heterocycles. The predicted octanol–water partition coefficient (Wildman–Crippen LogP) is 16.1. The average Bonchev–Trinajstić information content (AvgIpc) is 3.96. The van der Waals surface area contributed by atoms with Crippen molar-refractivity contribution in [1.29, 1.82) is 0 Å². The molecule has 0 aliphatic carbocycles. The van der Waals surface area contributed by atoms with E-state index in [1.165, 1.54) is 148 Å². The SMILES string of the molecule is CCCCCCCCOc1c(OCCCCCCCC)c(-c2cc(CC(CC)CCCC)cs2)c2nsnc2c1-c1cc(CC(CC)CCCC)cs1. The summed E-state index contributed by atoms with van der Waals surface area (Å²) in [6.45, 7) is 15.3. The normalized spacial score (nSPS) is 12.9. The van der Waals surface area contributed by atoms with Gasteiger partial charge in [0.1, 0.15) is 11.0 Å². The molecule has 1 aromatic carbocycles. The van der Waals surface area contributed by atoms with Gasteiger partial charge in [0, 0.05) is 9.75 Å². The number of hydrogen-bond acceptors (Lipinski definition) is 7. The number of aromatic nitrogens is 2. The van der Waals surface area contributed by atoms with Crippen molar-refractivity contribution in [3.63, 3.8) is 0 Å². The number of ether oxygens (including phenoxy) is 2. The second-order valence-electron chi connectivity index (χ2n) is 15.5. The van der Waals surface area contributed by atoms with Crippen LogP contribution in [-0.2, 0) is 12.8 Å². The maximum atomic E-state index is 7.00. The number of hydrogen-bond donors (Lipinski definition) is 0. The number of benzene rings is 1. The number of nitrogens with zero attached hydrogens (tertiary/aromatic N) is 2. The maximum absolute atomic E-state index is 7.00. The predicted molar refractivity (Wildman–Crippen MR) is 236 cm³/mol. The highest BCUT2D eigenvalue weighted by molar-refractivity contribution is 7.14. The largest absolute Gasteiger partial charge is 0.489 e. The zero-order valence-electron chi connectivity index (χ0n) is 34.4. The molecule has 0 amide bonds. The third-order valence-corrected chi connectivity index (χ3v) is 13.6. The Morgan fingerprint density at radius 2 is 0.906 bits per heavy atom. The molecule has 53 heavy (non-hydrogen) atoms. The first-order valence-electron chi connectivity index (χ1n) is 21.8. The molecule has 7 heteroatoms. The van der Waals surface area contributed by atoms with Gasteiger partial charge < -0.3 is 9.47 Å². The van der Waals surface area contributed by atoms with Gasteiger partial charge in [-0.15, -0.1) is 22.7 Å². The molecule has 3 heterocycles. The van der Waals surface area contributed by atoms with E-state index in [2.05, 4.69) is 64.4 Å². The van der Waals surface area contributed by atoms with Gasteiger partial charge in [0.15, 0.2) is 11.5 Å². The van der Waals surface area contributed by atoms with Crippen LogP contribution >= 0.6 is 34.4 Å². The molecule has 0 N–H and O–H groups in total. The van der Waals surface area contributed by atoms with Crippen LogP contribution in [0.25, 0.3) is 31.9 Å². The van der Waals surface area contributed by atoms with Crippen molar-refractivity contribution in [3.05, 3.63) is 34.0 Å². The van der Waals surface area contributed by atoms with Gasteiger partial charge in [-0.05, 0) is 71.5 Å². The Labute approximate surface area is 336 Å². The molecule has 4 rings (SSSR count). The van der Waals surface area contributed by atoms with E-state index in [0.29, 0.717) is 13.2 Å². The molecule has 296 valence electrons. The molecule has 2 atom stereocenters. The summed E-state index contributed by atoms with van der Waals surface area (Å²) in [7, 11) is 0. The lowest BCUT2D eigenvalue weighted by atomic mass is 9.92. The van der Waals surface area contributed by atoms with E-state index in [0.717, 1.165) is 71.2 Å². The van der Waals surface area contributed by atoms with E-state index in [1.807, 2.05) is 22.7 Å². The Hall–Kier alpha value is -1.96. The Bertz CT molecular complexity index is 1440. The number of fused-ring (bicyclic) bond motifs is 1. The molecule has 0 spiro atoms. The van der Waals surface area contributed by atoms with Gasteiger partial charge in [-0.1, -0.05) is 157 Å². The summed E-state index contributed by atoms with van der Waals surface area (Å²) in [5.41, 5.74) is 6.96. The molecule has 2 unspecified atom stereocenters. The van der Waals surface area contributed by atoms with Crippen LogP contribution < -0.4 is 9.47 Å². The van der Waals surface area contributed by atoms with Crippen LogP contribution in [-0.4, -0.2) is 22.0 Å². The van der Waals surface area contributed by atoms with Gasteiger partial charge in [-0.25, -0.2) is 0 Å². The maximum Gasteiger partial charge on any atom is 0.172 e. The summed E-state index contributed by atoms with van der Waals surface area (Å²) in [6.07, 6.45) is 27.3. The third-order valence-electron chi connectivity index (χ3n) is 11.0. The van der Waals surface area contributed by atoms with Crippen LogP contribution in [0, 0.1) is 11.8 Å². The first-order valence-corrected chi connectivity index (χ1v) is 24.3. The number of rotatable bonds is 30. The lowest BCUT2D eigenvalue weighted by Crippen LogP contribution is -2.06. The van der Waals surface area contributed by atoms with Crippen molar-refractivity contribution in [2.45, 2.75) is 183 Å². The fourth-order valence-corrected chi connectivity index (χ4v) is 10.1. The second kappa shape index (κ2) is 25.2. The minimum Gasteiger partial charge on any atom is -0.489 e. The van der Waals surface area contributed by atoms with E-state index in [9.17, 15) is 0 Å². The summed E-state index contributed by atoms with van der Waals surface area (Å²) in [4.78, 5) is 2.45. The van der Waals surface area contributed by atoms with Gasteiger partial charge >= 0.3 is 0 Å². The van der Waals surface area contributed by atoms with Gasteiger partial charge in [0.25, 0.3) is 0 Å². The lowest BCUT2D eigenvalue weighted by molar-refractivity contribution is 0.260. The van der Waals surface area contributed by atoms with Crippen LogP contribution in [0.1, 0.15) is 181 Å². The highest BCUT2D eigenvalue weighted by Gasteiger charge is 2.29. The van der Waals surface area contributed by atoms with Crippen molar-refractivity contribution in [2.24, 2.45) is 11.8 Å². The lowest BCUT2D eigenvalue weighted by Gasteiger charge is -2.20. The smallest absolute Gasteiger partial charge is 0.172 e. The Morgan fingerprint density at radius 3 is 1.30 bits per heavy atom. The number of unbranched alkanes of at least 4 members (excludes halogenated alkanes) is 12. The van der Waals surface area contributed by atoms with Crippen molar-refractivity contribution in [1.82, 2.24) is 8.75 Å². The molecular weight excluding hydrogens is 709 g/mol. The zero-order valence-corrected chi connectivity index (χ0v) is 36.8. The van der Waals surface area contributed by atoms with Crippen molar-refractivity contribution < 1.29 is 9.47 Å².